The van der Waals surface area contributed by atoms with Crippen LogP contribution in [0.3, 0.4) is 0 Å². The van der Waals surface area contributed by atoms with Gasteiger partial charge < -0.3 is 19.9 Å². The molecule has 1 aromatic carbocycles. The number of rotatable bonds is 8. The largest absolute Gasteiger partial charge is 0.496 e. The van der Waals surface area contributed by atoms with E-state index in [1.165, 1.54) is 0 Å². The summed E-state index contributed by atoms with van der Waals surface area (Å²) in [6.07, 6.45) is 0. The maximum atomic E-state index is 5.97. The fourth-order valence-corrected chi connectivity index (χ4v) is 2.45. The summed E-state index contributed by atoms with van der Waals surface area (Å²) in [5.74, 6) is 2.11. The van der Waals surface area contributed by atoms with E-state index in [1.807, 2.05) is 12.1 Å². The maximum Gasteiger partial charge on any atom is 0.164 e. The van der Waals surface area contributed by atoms with Crippen molar-refractivity contribution in [3.63, 3.8) is 0 Å². The van der Waals surface area contributed by atoms with Crippen molar-refractivity contribution in [3.05, 3.63) is 17.7 Å². The Labute approximate surface area is 121 Å². The molecular formula is C15H26N2O3. The van der Waals surface area contributed by atoms with Crippen molar-refractivity contribution in [2.24, 2.45) is 5.73 Å². The molecule has 20 heavy (non-hydrogen) atoms. The van der Waals surface area contributed by atoms with Crippen LogP contribution in [0.2, 0.25) is 0 Å². The van der Waals surface area contributed by atoms with Gasteiger partial charge in [-0.15, -0.1) is 0 Å². The van der Waals surface area contributed by atoms with Crippen LogP contribution in [0.15, 0.2) is 12.1 Å². The summed E-state index contributed by atoms with van der Waals surface area (Å²) in [6, 6.07) is 3.90. The van der Waals surface area contributed by atoms with Crippen LogP contribution in [-0.2, 0) is 0 Å². The second-order valence-electron chi connectivity index (χ2n) is 4.42. The first-order valence-corrected chi connectivity index (χ1v) is 6.90. The van der Waals surface area contributed by atoms with Crippen LogP contribution in [0.1, 0.15) is 25.5 Å². The van der Waals surface area contributed by atoms with Crippen LogP contribution in [0.4, 0.5) is 0 Å². The second-order valence-corrected chi connectivity index (χ2v) is 4.42. The summed E-state index contributed by atoms with van der Waals surface area (Å²) in [7, 11) is 4.89. The van der Waals surface area contributed by atoms with Crippen molar-refractivity contribution in [1.29, 1.82) is 0 Å². The van der Waals surface area contributed by atoms with Crippen LogP contribution in [-0.4, -0.2) is 45.9 Å². The predicted octanol–water partition coefficient (Wildman–Crippen LogP) is 2.05. The van der Waals surface area contributed by atoms with Crippen LogP contribution in [0.5, 0.6) is 17.2 Å². The summed E-state index contributed by atoms with van der Waals surface area (Å²) in [4.78, 5) is 2.30. The minimum atomic E-state index is 0.0970. The Hall–Kier alpha value is -1.46. The van der Waals surface area contributed by atoms with Gasteiger partial charge in [0, 0.05) is 18.2 Å². The molecule has 0 fully saturated rings. The second kappa shape index (κ2) is 7.97. The number of hydrogen-bond donors (Lipinski definition) is 1. The number of ether oxygens (including phenoxy) is 3. The van der Waals surface area contributed by atoms with Crippen LogP contribution >= 0.6 is 0 Å². The lowest BCUT2D eigenvalue weighted by Gasteiger charge is -2.30. The molecule has 0 bridgehead atoms. The van der Waals surface area contributed by atoms with E-state index in [2.05, 4.69) is 18.7 Å². The molecule has 0 spiro atoms. The third kappa shape index (κ3) is 3.35. The molecule has 5 heteroatoms. The van der Waals surface area contributed by atoms with Gasteiger partial charge in [0.1, 0.15) is 5.75 Å². The van der Waals surface area contributed by atoms with Gasteiger partial charge >= 0.3 is 0 Å². The quantitative estimate of drug-likeness (QED) is 0.791. The normalized spacial score (nSPS) is 12.3. The van der Waals surface area contributed by atoms with Gasteiger partial charge in [-0.25, -0.2) is 0 Å². The molecule has 0 saturated carbocycles. The van der Waals surface area contributed by atoms with Crippen molar-refractivity contribution in [3.8, 4) is 17.2 Å². The minimum Gasteiger partial charge on any atom is -0.496 e. The van der Waals surface area contributed by atoms with E-state index in [9.17, 15) is 0 Å². The number of nitrogens with two attached hydrogens (primary N) is 1. The maximum absolute atomic E-state index is 5.97. The van der Waals surface area contributed by atoms with Gasteiger partial charge in [-0.1, -0.05) is 13.8 Å². The fourth-order valence-electron chi connectivity index (χ4n) is 2.45. The van der Waals surface area contributed by atoms with Gasteiger partial charge in [0.15, 0.2) is 11.5 Å². The molecule has 5 nitrogen and oxygen atoms in total. The van der Waals surface area contributed by atoms with Crippen molar-refractivity contribution in [2.45, 2.75) is 19.9 Å². The molecule has 0 aliphatic carbocycles. The topological polar surface area (TPSA) is 57.0 Å². The summed E-state index contributed by atoms with van der Waals surface area (Å²) in [5, 5.41) is 0. The Morgan fingerprint density at radius 3 is 1.85 bits per heavy atom. The third-order valence-corrected chi connectivity index (χ3v) is 3.57. The summed E-state index contributed by atoms with van der Waals surface area (Å²) >= 11 is 0. The Balaban J connectivity index is 3.32. The molecule has 0 heterocycles. The highest BCUT2D eigenvalue weighted by atomic mass is 16.5. The molecule has 2 N–H and O–H groups in total. The molecule has 0 radical (unpaired) electrons. The van der Waals surface area contributed by atoms with Crippen LogP contribution in [0, 0.1) is 0 Å². The lowest BCUT2D eigenvalue weighted by atomic mass is 10.0. The highest BCUT2D eigenvalue weighted by Crippen LogP contribution is 2.38. The lowest BCUT2D eigenvalue weighted by Crippen LogP contribution is -2.33. The monoisotopic (exact) mass is 282 g/mol. The van der Waals surface area contributed by atoms with Crippen LogP contribution < -0.4 is 19.9 Å². The van der Waals surface area contributed by atoms with Crippen molar-refractivity contribution >= 4 is 0 Å². The molecule has 1 aromatic rings. The van der Waals surface area contributed by atoms with Crippen LogP contribution in [0.25, 0.3) is 0 Å². The van der Waals surface area contributed by atoms with Gasteiger partial charge in [-0.05, 0) is 19.2 Å². The van der Waals surface area contributed by atoms with Gasteiger partial charge in [0.05, 0.1) is 27.4 Å². The zero-order valence-corrected chi connectivity index (χ0v) is 13.1. The summed E-state index contributed by atoms with van der Waals surface area (Å²) < 4.78 is 16.2. The number of nitrogens with zero attached hydrogens (tertiary/aromatic N) is 1. The van der Waals surface area contributed by atoms with E-state index in [4.69, 9.17) is 19.9 Å². The minimum absolute atomic E-state index is 0.0970. The van der Waals surface area contributed by atoms with Crippen molar-refractivity contribution in [2.75, 3.05) is 41.0 Å². The van der Waals surface area contributed by atoms with E-state index in [0.717, 1.165) is 24.4 Å². The predicted molar refractivity (Wildman–Crippen MR) is 80.8 cm³/mol. The van der Waals surface area contributed by atoms with E-state index in [0.29, 0.717) is 18.0 Å². The highest BCUT2D eigenvalue weighted by molar-refractivity contribution is 5.52. The highest BCUT2D eigenvalue weighted by Gasteiger charge is 2.22. The molecule has 0 aromatic heterocycles. The molecule has 114 valence electrons. The van der Waals surface area contributed by atoms with Crippen molar-refractivity contribution in [1.82, 2.24) is 4.90 Å². The SMILES string of the molecule is CCN(CC)C(CN)c1cc(OC)c(OC)cc1OC. The standard InChI is InChI=1S/C15H26N2O3/c1-6-17(7-2)12(10-16)11-8-14(19-4)15(20-5)9-13(11)18-3/h8-9,12H,6-7,10,16H2,1-5H3. The number of benzene rings is 1. The van der Waals surface area contributed by atoms with Crippen molar-refractivity contribution < 1.29 is 14.2 Å². The molecule has 0 aliphatic rings. The van der Waals surface area contributed by atoms with E-state index in [-0.39, 0.29) is 6.04 Å². The average molecular weight is 282 g/mol. The first-order chi connectivity index (χ1) is 9.66. The molecule has 0 saturated heterocycles. The van der Waals surface area contributed by atoms with Gasteiger partial charge in [0.25, 0.3) is 0 Å². The number of methoxy groups -OCH3 is 3. The Morgan fingerprint density at radius 1 is 0.950 bits per heavy atom. The summed E-state index contributed by atoms with van der Waals surface area (Å²) in [6.45, 7) is 6.62. The molecule has 1 unspecified atom stereocenters. The Bertz CT molecular complexity index is 420. The van der Waals surface area contributed by atoms with E-state index >= 15 is 0 Å². The first kappa shape index (κ1) is 16.6. The molecule has 0 amide bonds. The smallest absolute Gasteiger partial charge is 0.164 e. The number of likely N-dealkylation sites (N-methyl/N-ethyl adjacent to an activating group) is 1. The fraction of sp³-hybridized carbons (Fsp3) is 0.600. The Morgan fingerprint density at radius 2 is 1.45 bits per heavy atom. The third-order valence-electron chi connectivity index (χ3n) is 3.57. The Kier molecular flexibility index (Phi) is 6.61. The zero-order valence-electron chi connectivity index (χ0n) is 13.1. The van der Waals surface area contributed by atoms with E-state index in [1.54, 1.807) is 21.3 Å². The molecule has 0 aliphatic heterocycles. The van der Waals surface area contributed by atoms with Gasteiger partial charge in [-0.3, -0.25) is 4.90 Å². The van der Waals surface area contributed by atoms with Gasteiger partial charge in [0.2, 0.25) is 0 Å². The number of hydrogen-bond acceptors (Lipinski definition) is 5. The average Bonchev–Trinajstić information content (AvgIpc) is 2.51. The lowest BCUT2D eigenvalue weighted by molar-refractivity contribution is 0.218. The zero-order chi connectivity index (χ0) is 15.1. The first-order valence-electron chi connectivity index (χ1n) is 6.90. The molecule has 1 atom stereocenters. The summed E-state index contributed by atoms with van der Waals surface area (Å²) in [5.41, 5.74) is 7.00. The van der Waals surface area contributed by atoms with E-state index < -0.39 is 0 Å². The molecule has 1 rings (SSSR count). The van der Waals surface area contributed by atoms with Gasteiger partial charge in [-0.2, -0.15) is 0 Å². The molecular weight excluding hydrogens is 256 g/mol.